The molecule has 0 aliphatic rings. The van der Waals surface area contributed by atoms with Crippen molar-refractivity contribution >= 4 is 34.9 Å². The Balaban J connectivity index is 2.08. The molecule has 27 heavy (non-hydrogen) atoms. The number of esters is 1. The molecule has 0 fully saturated rings. The molecule has 10 heteroatoms. The molecule has 1 aromatic heterocycles. The highest BCUT2D eigenvalue weighted by atomic mass is 35.5. The summed E-state index contributed by atoms with van der Waals surface area (Å²) < 4.78 is 10.0. The lowest BCUT2D eigenvalue weighted by molar-refractivity contribution is -0.384. The number of non-ortho nitro benzene ring substituents is 1. The number of nitro benzene ring substituents is 1. The summed E-state index contributed by atoms with van der Waals surface area (Å²) >= 11 is 5.97. The van der Waals surface area contributed by atoms with Crippen LogP contribution in [0, 0.1) is 24.0 Å². The first-order chi connectivity index (χ1) is 12.7. The molecule has 0 saturated heterocycles. The number of amides is 1. The van der Waals surface area contributed by atoms with Crippen molar-refractivity contribution in [2.24, 2.45) is 0 Å². The topological polar surface area (TPSA) is 121 Å². The molecular formula is C17H16ClN3O6. The van der Waals surface area contributed by atoms with E-state index in [1.165, 1.54) is 19.2 Å². The molecule has 0 radical (unpaired) electrons. The van der Waals surface area contributed by atoms with Crippen molar-refractivity contribution in [3.8, 4) is 5.75 Å². The maximum atomic E-state index is 12.2. The van der Waals surface area contributed by atoms with Gasteiger partial charge in [-0.1, -0.05) is 11.6 Å². The highest BCUT2D eigenvalue weighted by Gasteiger charge is 2.19. The largest absolute Gasteiger partial charge is 0.495 e. The number of pyridine rings is 1. The van der Waals surface area contributed by atoms with Crippen LogP contribution in [0.1, 0.15) is 21.6 Å². The minimum absolute atomic E-state index is 0.0155. The molecule has 1 N–H and O–H groups in total. The Hall–Kier alpha value is -3.20. The summed E-state index contributed by atoms with van der Waals surface area (Å²) in [6, 6.07) is 5.39. The smallest absolute Gasteiger partial charge is 0.342 e. The van der Waals surface area contributed by atoms with Crippen molar-refractivity contribution < 1.29 is 24.0 Å². The van der Waals surface area contributed by atoms with E-state index in [4.69, 9.17) is 21.1 Å². The molecule has 0 bridgehead atoms. The SMILES string of the molecule is COc1ccc([N+](=O)[O-])cc1NC(=O)COC(=O)c1c(C)cc(C)nc1Cl. The van der Waals surface area contributed by atoms with E-state index in [9.17, 15) is 19.7 Å². The number of rotatable bonds is 6. The molecule has 2 rings (SSSR count). The first-order valence-corrected chi connectivity index (χ1v) is 8.04. The number of aromatic nitrogens is 1. The summed E-state index contributed by atoms with van der Waals surface area (Å²) in [5.41, 5.74) is 1.14. The number of hydrogen-bond donors (Lipinski definition) is 1. The second kappa shape index (κ2) is 8.45. The number of nitro groups is 1. The maximum absolute atomic E-state index is 12.2. The van der Waals surface area contributed by atoms with Crippen LogP contribution >= 0.6 is 11.6 Å². The van der Waals surface area contributed by atoms with Crippen molar-refractivity contribution in [2.45, 2.75) is 13.8 Å². The van der Waals surface area contributed by atoms with Gasteiger partial charge < -0.3 is 14.8 Å². The average Bonchev–Trinajstić information content (AvgIpc) is 2.59. The fraction of sp³-hybridized carbons (Fsp3) is 0.235. The Morgan fingerprint density at radius 1 is 1.30 bits per heavy atom. The fourth-order valence-electron chi connectivity index (χ4n) is 2.33. The first-order valence-electron chi connectivity index (χ1n) is 7.66. The van der Waals surface area contributed by atoms with E-state index in [0.29, 0.717) is 11.3 Å². The van der Waals surface area contributed by atoms with Gasteiger partial charge in [-0.25, -0.2) is 9.78 Å². The summed E-state index contributed by atoms with van der Waals surface area (Å²) in [6.07, 6.45) is 0. The third-order valence-electron chi connectivity index (χ3n) is 3.51. The van der Waals surface area contributed by atoms with Gasteiger partial charge >= 0.3 is 5.97 Å². The highest BCUT2D eigenvalue weighted by molar-refractivity contribution is 6.32. The van der Waals surface area contributed by atoms with E-state index in [1.807, 2.05) is 0 Å². The number of carbonyl (C=O) groups is 2. The Labute approximate surface area is 159 Å². The van der Waals surface area contributed by atoms with Gasteiger partial charge in [-0.05, 0) is 31.5 Å². The summed E-state index contributed by atoms with van der Waals surface area (Å²) in [7, 11) is 1.35. The molecule has 0 aliphatic heterocycles. The molecule has 1 heterocycles. The lowest BCUT2D eigenvalue weighted by Crippen LogP contribution is -2.22. The van der Waals surface area contributed by atoms with Gasteiger partial charge in [0.25, 0.3) is 11.6 Å². The van der Waals surface area contributed by atoms with E-state index < -0.39 is 23.4 Å². The molecule has 0 spiro atoms. The fourth-order valence-corrected chi connectivity index (χ4v) is 2.69. The van der Waals surface area contributed by atoms with Gasteiger partial charge in [0.1, 0.15) is 10.9 Å². The van der Waals surface area contributed by atoms with Gasteiger partial charge in [0, 0.05) is 17.8 Å². The number of nitrogens with zero attached hydrogens (tertiary/aromatic N) is 2. The number of nitrogens with one attached hydrogen (secondary N) is 1. The van der Waals surface area contributed by atoms with E-state index in [2.05, 4.69) is 10.3 Å². The number of hydrogen-bond acceptors (Lipinski definition) is 7. The molecule has 0 aliphatic carbocycles. The van der Waals surface area contributed by atoms with Gasteiger partial charge in [0.2, 0.25) is 0 Å². The van der Waals surface area contributed by atoms with E-state index in [0.717, 1.165) is 6.07 Å². The number of benzene rings is 1. The minimum atomic E-state index is -0.800. The lowest BCUT2D eigenvalue weighted by Gasteiger charge is -2.11. The van der Waals surface area contributed by atoms with Crippen LogP contribution in [-0.2, 0) is 9.53 Å². The molecule has 9 nitrogen and oxygen atoms in total. The number of anilines is 1. The second-order valence-corrected chi connectivity index (χ2v) is 5.87. The van der Waals surface area contributed by atoms with Crippen LogP contribution < -0.4 is 10.1 Å². The number of carbonyl (C=O) groups excluding carboxylic acids is 2. The Kier molecular flexibility index (Phi) is 6.30. The van der Waals surface area contributed by atoms with Crippen molar-refractivity contribution in [3.05, 3.63) is 56.4 Å². The van der Waals surface area contributed by atoms with Crippen LogP contribution in [0.5, 0.6) is 5.75 Å². The zero-order chi connectivity index (χ0) is 20.1. The molecule has 2 aromatic rings. The number of methoxy groups -OCH3 is 1. The summed E-state index contributed by atoms with van der Waals surface area (Å²) in [6.45, 7) is 2.79. The Morgan fingerprint density at radius 3 is 2.59 bits per heavy atom. The van der Waals surface area contributed by atoms with E-state index in [-0.39, 0.29) is 27.8 Å². The molecule has 0 atom stereocenters. The zero-order valence-corrected chi connectivity index (χ0v) is 15.5. The van der Waals surface area contributed by atoms with Crippen LogP contribution in [0.2, 0.25) is 5.15 Å². The lowest BCUT2D eigenvalue weighted by atomic mass is 10.1. The third kappa shape index (κ3) is 4.91. The number of ether oxygens (including phenoxy) is 2. The zero-order valence-electron chi connectivity index (χ0n) is 14.7. The summed E-state index contributed by atoms with van der Waals surface area (Å²) in [5, 5.41) is 13.3. The number of halogens is 1. The van der Waals surface area contributed by atoms with E-state index in [1.54, 1.807) is 19.9 Å². The van der Waals surface area contributed by atoms with Crippen molar-refractivity contribution in [3.63, 3.8) is 0 Å². The monoisotopic (exact) mass is 393 g/mol. The van der Waals surface area contributed by atoms with E-state index >= 15 is 0 Å². The predicted molar refractivity (Wildman–Crippen MR) is 97.3 cm³/mol. The first kappa shape index (κ1) is 20.1. The van der Waals surface area contributed by atoms with Gasteiger partial charge in [0.15, 0.2) is 6.61 Å². The summed E-state index contributed by atoms with van der Waals surface area (Å²) in [4.78, 5) is 38.5. The molecule has 1 amide bonds. The summed E-state index contributed by atoms with van der Waals surface area (Å²) in [5.74, 6) is -1.27. The highest BCUT2D eigenvalue weighted by Crippen LogP contribution is 2.28. The van der Waals surface area contributed by atoms with Crippen molar-refractivity contribution in [1.82, 2.24) is 4.98 Å². The predicted octanol–water partition coefficient (Wildman–Crippen LogP) is 3.06. The molecule has 0 saturated carbocycles. The van der Waals surface area contributed by atoms with Crippen LogP contribution in [0.15, 0.2) is 24.3 Å². The standard InChI is InChI=1S/C17H16ClN3O6/c1-9-6-10(2)19-16(18)15(9)17(23)27-8-14(22)20-12-7-11(21(24)25)4-5-13(12)26-3/h4-7H,8H2,1-3H3,(H,20,22). The van der Waals surface area contributed by atoms with Crippen molar-refractivity contribution in [2.75, 3.05) is 19.0 Å². The van der Waals surface area contributed by atoms with Crippen LogP contribution in [0.3, 0.4) is 0 Å². The second-order valence-electron chi connectivity index (χ2n) is 5.51. The molecular weight excluding hydrogens is 378 g/mol. The van der Waals surface area contributed by atoms with Gasteiger partial charge in [-0.3, -0.25) is 14.9 Å². The maximum Gasteiger partial charge on any atom is 0.342 e. The third-order valence-corrected chi connectivity index (χ3v) is 3.78. The normalized spacial score (nSPS) is 10.2. The minimum Gasteiger partial charge on any atom is -0.495 e. The van der Waals surface area contributed by atoms with Crippen molar-refractivity contribution in [1.29, 1.82) is 0 Å². The molecule has 0 unspecified atom stereocenters. The number of aryl methyl sites for hydroxylation is 2. The van der Waals surface area contributed by atoms with Crippen LogP contribution in [0.4, 0.5) is 11.4 Å². The van der Waals surface area contributed by atoms with Crippen LogP contribution in [-0.4, -0.2) is 35.5 Å². The quantitative estimate of drug-likeness (QED) is 0.346. The van der Waals surface area contributed by atoms with Gasteiger partial charge in [-0.2, -0.15) is 0 Å². The Morgan fingerprint density at radius 2 is 2.00 bits per heavy atom. The van der Waals surface area contributed by atoms with Gasteiger partial charge in [0.05, 0.1) is 23.3 Å². The van der Waals surface area contributed by atoms with Gasteiger partial charge in [-0.15, -0.1) is 0 Å². The molecule has 1 aromatic carbocycles. The van der Waals surface area contributed by atoms with Crippen LogP contribution in [0.25, 0.3) is 0 Å². The molecule has 142 valence electrons. The Bertz CT molecular complexity index is 893. The average molecular weight is 394 g/mol.